The van der Waals surface area contributed by atoms with Gasteiger partial charge in [0.2, 0.25) is 0 Å². The molecule has 5 rings (SSSR count). The molecule has 1 aromatic heterocycles. The molecule has 4 nitrogen and oxygen atoms in total. The first kappa shape index (κ1) is 17.7. The minimum absolute atomic E-state index is 0.643. The lowest BCUT2D eigenvalue weighted by molar-refractivity contribution is 0.683. The van der Waals surface area contributed by atoms with Crippen LogP contribution in [0.1, 0.15) is 24.0 Å². The maximum absolute atomic E-state index is 12.7. The van der Waals surface area contributed by atoms with Gasteiger partial charge in [0.25, 0.3) is 0 Å². The summed E-state index contributed by atoms with van der Waals surface area (Å²) in [6, 6.07) is 16.9. The van der Waals surface area contributed by atoms with Crippen molar-refractivity contribution in [3.63, 3.8) is 0 Å². The van der Waals surface area contributed by atoms with E-state index in [1.54, 1.807) is 0 Å². The van der Waals surface area contributed by atoms with E-state index < -0.39 is 10.8 Å². The third-order valence-electron chi connectivity index (χ3n) is 5.83. The summed E-state index contributed by atoms with van der Waals surface area (Å²) in [5.74, 6) is 1.64. The molecule has 0 saturated carbocycles. The highest BCUT2D eigenvalue weighted by molar-refractivity contribution is 7.85. The van der Waals surface area contributed by atoms with Crippen molar-refractivity contribution in [1.29, 1.82) is 0 Å². The van der Waals surface area contributed by atoms with Crippen LogP contribution in [0.5, 0.6) is 0 Å². The third-order valence-corrected chi connectivity index (χ3v) is 7.27. The summed E-state index contributed by atoms with van der Waals surface area (Å²) in [5, 5.41) is 1.24. The fourth-order valence-corrected chi connectivity index (χ4v) is 5.59. The molecule has 28 heavy (non-hydrogen) atoms. The first-order valence-electron chi connectivity index (χ1n) is 10.1. The van der Waals surface area contributed by atoms with Crippen molar-refractivity contribution in [3.05, 3.63) is 59.7 Å². The van der Waals surface area contributed by atoms with E-state index in [0.717, 1.165) is 48.0 Å². The Labute approximate surface area is 168 Å². The van der Waals surface area contributed by atoms with Gasteiger partial charge in [-0.15, -0.1) is 0 Å². The molecule has 0 bridgehead atoms. The molecule has 2 aliphatic rings. The number of fused-ring (bicyclic) bond motifs is 2. The summed E-state index contributed by atoms with van der Waals surface area (Å²) in [4.78, 5) is 10.8. The number of nitrogens with zero attached hydrogens (tertiary/aromatic N) is 3. The smallest absolute Gasteiger partial charge is 0.131 e. The van der Waals surface area contributed by atoms with Crippen LogP contribution in [0, 0.1) is 6.92 Å². The van der Waals surface area contributed by atoms with Gasteiger partial charge in [-0.2, -0.15) is 0 Å². The van der Waals surface area contributed by atoms with Gasteiger partial charge in [0, 0.05) is 54.0 Å². The average molecular weight is 392 g/mol. The zero-order valence-corrected chi connectivity index (χ0v) is 17.0. The lowest BCUT2D eigenvalue weighted by Gasteiger charge is -2.26. The molecule has 0 amide bonds. The Morgan fingerprint density at radius 3 is 2.64 bits per heavy atom. The lowest BCUT2D eigenvalue weighted by Crippen LogP contribution is -2.26. The zero-order valence-electron chi connectivity index (χ0n) is 16.2. The van der Waals surface area contributed by atoms with E-state index in [1.807, 2.05) is 18.2 Å². The summed E-state index contributed by atoms with van der Waals surface area (Å²) in [6.45, 7) is 5.87. The molecule has 144 valence electrons. The summed E-state index contributed by atoms with van der Waals surface area (Å²) in [5.41, 5.74) is 4.75. The molecule has 2 aromatic carbocycles. The van der Waals surface area contributed by atoms with E-state index in [1.165, 1.54) is 29.5 Å². The highest BCUT2D eigenvalue weighted by Crippen LogP contribution is 2.34. The minimum atomic E-state index is -0.944. The number of anilines is 2. The van der Waals surface area contributed by atoms with Gasteiger partial charge >= 0.3 is 0 Å². The van der Waals surface area contributed by atoms with Gasteiger partial charge in [0.1, 0.15) is 5.82 Å². The second-order valence-corrected chi connectivity index (χ2v) is 9.33. The van der Waals surface area contributed by atoms with E-state index in [9.17, 15) is 4.21 Å². The molecule has 0 aliphatic carbocycles. The van der Waals surface area contributed by atoms with Gasteiger partial charge < -0.3 is 9.80 Å². The summed E-state index contributed by atoms with van der Waals surface area (Å²) >= 11 is 0. The fraction of sp³-hybridized carbons (Fsp3) is 0.348. The number of aryl methyl sites for hydroxylation is 1. The second kappa shape index (κ2) is 7.21. The minimum Gasteiger partial charge on any atom is -0.371 e. The molecule has 0 radical (unpaired) electrons. The van der Waals surface area contributed by atoms with Crippen LogP contribution < -0.4 is 9.80 Å². The molecule has 3 aromatic rings. The van der Waals surface area contributed by atoms with Crippen LogP contribution in [-0.2, 0) is 17.3 Å². The predicted molar refractivity (Wildman–Crippen MR) is 117 cm³/mol. The summed E-state index contributed by atoms with van der Waals surface area (Å²) in [6.07, 6.45) is 2.50. The molecule has 2 aliphatic heterocycles. The molecule has 1 fully saturated rings. The molecule has 1 atom stereocenters. The number of benzene rings is 2. The van der Waals surface area contributed by atoms with Gasteiger partial charge in [-0.1, -0.05) is 29.8 Å². The summed E-state index contributed by atoms with van der Waals surface area (Å²) < 4.78 is 12.7. The first-order valence-corrected chi connectivity index (χ1v) is 11.4. The van der Waals surface area contributed by atoms with Crippen LogP contribution in [0.2, 0.25) is 0 Å². The summed E-state index contributed by atoms with van der Waals surface area (Å²) in [7, 11) is -0.944. The quantitative estimate of drug-likeness (QED) is 0.654. The average Bonchev–Trinajstić information content (AvgIpc) is 3.19. The standard InChI is InChI=1S/C23H25N3OS/c1-17-8-9-20-19(14-17)21(25-10-4-5-11-25)15-23(24-20)26-12-13-28(27)22-7-3-2-6-18(22)16-26/h2-3,6-9,14-15H,4-5,10-13,16H2,1H3. The molecule has 1 saturated heterocycles. The third kappa shape index (κ3) is 3.18. The Hall–Kier alpha value is -2.40. The number of hydrogen-bond acceptors (Lipinski definition) is 4. The highest BCUT2D eigenvalue weighted by Gasteiger charge is 2.23. The van der Waals surface area contributed by atoms with Crippen LogP contribution >= 0.6 is 0 Å². The molecular formula is C23H25N3OS. The first-order chi connectivity index (χ1) is 13.7. The largest absolute Gasteiger partial charge is 0.371 e. The van der Waals surface area contributed by atoms with E-state index in [0.29, 0.717) is 5.75 Å². The van der Waals surface area contributed by atoms with Gasteiger partial charge in [0.05, 0.1) is 16.3 Å². The number of aromatic nitrogens is 1. The Kier molecular flexibility index (Phi) is 4.55. The van der Waals surface area contributed by atoms with E-state index in [-0.39, 0.29) is 0 Å². The molecule has 0 spiro atoms. The fourth-order valence-electron chi connectivity index (χ4n) is 4.33. The van der Waals surface area contributed by atoms with Gasteiger partial charge in [-0.3, -0.25) is 4.21 Å². The van der Waals surface area contributed by atoms with Crippen LogP contribution in [-0.4, -0.2) is 34.6 Å². The highest BCUT2D eigenvalue weighted by atomic mass is 32.2. The SMILES string of the molecule is Cc1ccc2nc(N3CCS(=O)c4ccccc4C3)cc(N3CCCC3)c2c1. The molecular weight excluding hydrogens is 366 g/mol. The van der Waals surface area contributed by atoms with E-state index in [4.69, 9.17) is 4.98 Å². The van der Waals surface area contributed by atoms with Crippen LogP contribution in [0.15, 0.2) is 53.4 Å². The topological polar surface area (TPSA) is 36.4 Å². The van der Waals surface area contributed by atoms with Crippen molar-refractivity contribution < 1.29 is 4.21 Å². The molecule has 1 unspecified atom stereocenters. The van der Waals surface area contributed by atoms with Crippen LogP contribution in [0.25, 0.3) is 10.9 Å². The van der Waals surface area contributed by atoms with Gasteiger partial charge in [0.15, 0.2) is 0 Å². The van der Waals surface area contributed by atoms with Crippen LogP contribution in [0.3, 0.4) is 0 Å². The monoisotopic (exact) mass is 391 g/mol. The van der Waals surface area contributed by atoms with Gasteiger partial charge in [-0.05, 0) is 43.5 Å². The van der Waals surface area contributed by atoms with E-state index in [2.05, 4.69) is 47.1 Å². The maximum atomic E-state index is 12.7. The Bertz CT molecular complexity index is 1060. The Balaban J connectivity index is 1.61. The second-order valence-electron chi connectivity index (χ2n) is 7.79. The zero-order chi connectivity index (χ0) is 19.1. The maximum Gasteiger partial charge on any atom is 0.131 e. The van der Waals surface area contributed by atoms with E-state index >= 15 is 0 Å². The van der Waals surface area contributed by atoms with Gasteiger partial charge in [-0.25, -0.2) is 4.98 Å². The number of hydrogen-bond donors (Lipinski definition) is 0. The van der Waals surface area contributed by atoms with Crippen molar-refractivity contribution >= 4 is 33.2 Å². The van der Waals surface area contributed by atoms with Crippen molar-refractivity contribution in [2.75, 3.05) is 35.2 Å². The lowest BCUT2D eigenvalue weighted by atomic mass is 10.1. The van der Waals surface area contributed by atoms with Crippen molar-refractivity contribution in [1.82, 2.24) is 4.98 Å². The molecule has 5 heteroatoms. The predicted octanol–water partition coefficient (Wildman–Crippen LogP) is 4.27. The van der Waals surface area contributed by atoms with Crippen molar-refractivity contribution in [2.45, 2.75) is 31.2 Å². The Morgan fingerprint density at radius 2 is 1.79 bits per heavy atom. The normalized spacial score (nSPS) is 19.7. The van der Waals surface area contributed by atoms with Crippen molar-refractivity contribution in [3.8, 4) is 0 Å². The molecule has 3 heterocycles. The van der Waals surface area contributed by atoms with Crippen molar-refractivity contribution in [2.24, 2.45) is 0 Å². The number of rotatable bonds is 2. The Morgan fingerprint density at radius 1 is 0.964 bits per heavy atom. The molecule has 0 N–H and O–H groups in total. The number of pyridine rings is 1. The van der Waals surface area contributed by atoms with Crippen LogP contribution in [0.4, 0.5) is 11.5 Å².